The van der Waals surface area contributed by atoms with Crippen LogP contribution in [0.4, 0.5) is 0 Å². The molecule has 6 heteroatoms. The molecule has 0 aliphatic heterocycles. The van der Waals surface area contributed by atoms with E-state index < -0.39 is 5.97 Å². The van der Waals surface area contributed by atoms with Crippen LogP contribution < -0.4 is 11.3 Å². The Morgan fingerprint density at radius 3 is 2.71 bits per heavy atom. The first-order valence-electron chi connectivity index (χ1n) is 5.13. The van der Waals surface area contributed by atoms with Gasteiger partial charge in [0.05, 0.1) is 12.2 Å². The molecule has 1 heterocycles. The first kappa shape index (κ1) is 13.4. The molecule has 17 heavy (non-hydrogen) atoms. The van der Waals surface area contributed by atoms with Crippen molar-refractivity contribution in [1.82, 2.24) is 4.57 Å². The van der Waals surface area contributed by atoms with Gasteiger partial charge in [-0.05, 0) is 26.0 Å². The van der Waals surface area contributed by atoms with Gasteiger partial charge in [0.25, 0.3) is 5.56 Å². The van der Waals surface area contributed by atoms with Gasteiger partial charge in [0.15, 0.2) is 0 Å². The number of hydrogen-bond acceptors (Lipinski definition) is 4. The summed E-state index contributed by atoms with van der Waals surface area (Å²) in [6.45, 7) is 3.58. The second-order valence-electron chi connectivity index (χ2n) is 3.45. The summed E-state index contributed by atoms with van der Waals surface area (Å²) in [6, 6.07) is 3.25. The number of esters is 1. The van der Waals surface area contributed by atoms with Crippen molar-refractivity contribution in [3.05, 3.63) is 33.7 Å². The van der Waals surface area contributed by atoms with Gasteiger partial charge in [-0.15, -0.1) is 0 Å². The Kier molecular flexibility index (Phi) is 4.39. The third-order valence-electron chi connectivity index (χ3n) is 2.25. The summed E-state index contributed by atoms with van der Waals surface area (Å²) in [5.41, 5.74) is 5.94. The Balaban J connectivity index is 3.15. The topological polar surface area (TPSA) is 74.3 Å². The summed E-state index contributed by atoms with van der Waals surface area (Å²) in [7, 11) is 0. The van der Waals surface area contributed by atoms with E-state index in [0.29, 0.717) is 5.69 Å². The minimum absolute atomic E-state index is 0.0209. The average molecular weight is 254 g/mol. The highest BCUT2D eigenvalue weighted by Crippen LogP contribution is 1.99. The highest BCUT2D eigenvalue weighted by Gasteiger charge is 2.11. The largest absolute Gasteiger partial charge is 0.465 e. The summed E-state index contributed by atoms with van der Waals surface area (Å²) < 4.78 is 6.09. The smallest absolute Gasteiger partial charge is 0.326 e. The zero-order valence-electron chi connectivity index (χ0n) is 9.73. The lowest BCUT2D eigenvalue weighted by Crippen LogP contribution is -2.32. The molecular formula is C11H14N2O3S. The molecule has 1 aromatic rings. The van der Waals surface area contributed by atoms with E-state index in [1.54, 1.807) is 26.0 Å². The minimum atomic E-state index is -0.460. The van der Waals surface area contributed by atoms with Gasteiger partial charge >= 0.3 is 5.97 Å². The van der Waals surface area contributed by atoms with Crippen LogP contribution in [0.15, 0.2) is 16.9 Å². The van der Waals surface area contributed by atoms with Gasteiger partial charge in [-0.1, -0.05) is 12.2 Å². The summed E-state index contributed by atoms with van der Waals surface area (Å²) >= 11 is 4.77. The van der Waals surface area contributed by atoms with E-state index in [1.165, 1.54) is 4.57 Å². The molecule has 0 aliphatic rings. The number of aromatic nitrogens is 1. The Labute approximate surface area is 104 Å². The first-order chi connectivity index (χ1) is 7.97. The third kappa shape index (κ3) is 3.13. The van der Waals surface area contributed by atoms with Gasteiger partial charge in [0.2, 0.25) is 0 Å². The van der Waals surface area contributed by atoms with Crippen molar-refractivity contribution >= 4 is 23.2 Å². The molecule has 0 saturated heterocycles. The fourth-order valence-corrected chi connectivity index (χ4v) is 1.55. The molecule has 0 aliphatic carbocycles. The Morgan fingerprint density at radius 2 is 2.18 bits per heavy atom. The monoisotopic (exact) mass is 254 g/mol. The van der Waals surface area contributed by atoms with Crippen LogP contribution in [0.3, 0.4) is 0 Å². The molecule has 1 rings (SSSR count). The first-order valence-corrected chi connectivity index (χ1v) is 5.54. The number of nitrogens with zero attached hydrogens (tertiary/aromatic N) is 1. The third-order valence-corrected chi connectivity index (χ3v) is 2.47. The maximum Gasteiger partial charge on any atom is 0.326 e. The average Bonchev–Trinajstić information content (AvgIpc) is 2.24. The van der Waals surface area contributed by atoms with E-state index in [9.17, 15) is 9.59 Å². The Hall–Kier alpha value is -1.69. The molecular weight excluding hydrogens is 240 g/mol. The van der Waals surface area contributed by atoms with Crippen LogP contribution >= 0.6 is 12.2 Å². The molecule has 92 valence electrons. The SMILES string of the molecule is CCOC(=O)Cn1c(C)ccc(C(N)=S)c1=O. The minimum Gasteiger partial charge on any atom is -0.465 e. The molecule has 0 atom stereocenters. The molecule has 5 nitrogen and oxygen atoms in total. The van der Waals surface area contributed by atoms with Crippen molar-refractivity contribution < 1.29 is 9.53 Å². The van der Waals surface area contributed by atoms with E-state index in [4.69, 9.17) is 22.7 Å². The number of nitrogens with two attached hydrogens (primary N) is 1. The van der Waals surface area contributed by atoms with Crippen LogP contribution in [-0.2, 0) is 16.1 Å². The van der Waals surface area contributed by atoms with Crippen molar-refractivity contribution in [1.29, 1.82) is 0 Å². The van der Waals surface area contributed by atoms with E-state index in [-0.39, 0.29) is 29.3 Å². The van der Waals surface area contributed by atoms with Crippen molar-refractivity contribution in [2.75, 3.05) is 6.61 Å². The summed E-state index contributed by atoms with van der Waals surface area (Å²) in [4.78, 5) is 23.3. The molecule has 0 unspecified atom stereocenters. The molecule has 0 aromatic carbocycles. The fraction of sp³-hybridized carbons (Fsp3) is 0.364. The van der Waals surface area contributed by atoms with Gasteiger partial charge in [-0.3, -0.25) is 9.59 Å². The van der Waals surface area contributed by atoms with Gasteiger partial charge < -0.3 is 15.0 Å². The molecule has 0 fully saturated rings. The highest BCUT2D eigenvalue weighted by molar-refractivity contribution is 7.80. The number of rotatable bonds is 4. The Bertz CT molecular complexity index is 508. The number of thiocarbonyl (C=S) groups is 1. The zero-order chi connectivity index (χ0) is 13.0. The van der Waals surface area contributed by atoms with Gasteiger partial charge in [0.1, 0.15) is 11.5 Å². The van der Waals surface area contributed by atoms with Crippen LogP contribution in [0.1, 0.15) is 18.2 Å². The highest BCUT2D eigenvalue weighted by atomic mass is 32.1. The van der Waals surface area contributed by atoms with E-state index in [0.717, 1.165) is 0 Å². The van der Waals surface area contributed by atoms with Crippen LogP contribution in [0.2, 0.25) is 0 Å². The maximum absolute atomic E-state index is 12.0. The van der Waals surface area contributed by atoms with Crippen molar-refractivity contribution in [3.63, 3.8) is 0 Å². The standard InChI is InChI=1S/C11H14N2O3S/c1-3-16-9(14)6-13-7(2)4-5-8(10(12)17)11(13)15/h4-5H,3,6H2,1-2H3,(H2,12,17). The van der Waals surface area contributed by atoms with Crippen molar-refractivity contribution in [2.45, 2.75) is 20.4 Å². The van der Waals surface area contributed by atoms with Crippen LogP contribution in [0.25, 0.3) is 0 Å². The quantitative estimate of drug-likeness (QED) is 0.620. The lowest BCUT2D eigenvalue weighted by Gasteiger charge is -2.10. The van der Waals surface area contributed by atoms with E-state index >= 15 is 0 Å². The normalized spacial score (nSPS) is 10.0. The van der Waals surface area contributed by atoms with Crippen molar-refractivity contribution in [3.8, 4) is 0 Å². The number of carbonyl (C=O) groups is 1. The van der Waals surface area contributed by atoms with Gasteiger partial charge in [0, 0.05) is 5.69 Å². The molecule has 2 N–H and O–H groups in total. The molecule has 1 aromatic heterocycles. The van der Waals surface area contributed by atoms with Crippen LogP contribution in [0.5, 0.6) is 0 Å². The molecule has 0 spiro atoms. The van der Waals surface area contributed by atoms with Crippen LogP contribution in [0, 0.1) is 6.92 Å². The lowest BCUT2D eigenvalue weighted by molar-refractivity contribution is -0.143. The molecule has 0 bridgehead atoms. The number of carbonyl (C=O) groups excluding carboxylic acids is 1. The Morgan fingerprint density at radius 1 is 1.53 bits per heavy atom. The number of ether oxygens (including phenoxy) is 1. The summed E-state index contributed by atoms with van der Waals surface area (Å²) in [6.07, 6.45) is 0. The number of pyridine rings is 1. The predicted octanol–water partition coefficient (Wildman–Crippen LogP) is 0.354. The van der Waals surface area contributed by atoms with Gasteiger partial charge in [-0.2, -0.15) is 0 Å². The second-order valence-corrected chi connectivity index (χ2v) is 3.89. The van der Waals surface area contributed by atoms with E-state index in [1.807, 2.05) is 0 Å². The number of aryl methyl sites for hydroxylation is 1. The molecule has 0 saturated carbocycles. The summed E-state index contributed by atoms with van der Waals surface area (Å²) in [5, 5.41) is 0. The lowest BCUT2D eigenvalue weighted by atomic mass is 10.2. The summed E-state index contributed by atoms with van der Waals surface area (Å²) in [5.74, 6) is -0.460. The van der Waals surface area contributed by atoms with E-state index in [2.05, 4.69) is 0 Å². The zero-order valence-corrected chi connectivity index (χ0v) is 10.5. The second kappa shape index (κ2) is 5.58. The van der Waals surface area contributed by atoms with Crippen LogP contribution in [-0.4, -0.2) is 22.1 Å². The number of hydrogen-bond donors (Lipinski definition) is 1. The van der Waals surface area contributed by atoms with Crippen molar-refractivity contribution in [2.24, 2.45) is 5.73 Å². The molecule has 0 amide bonds. The molecule has 0 radical (unpaired) electrons. The predicted molar refractivity (Wildman–Crippen MR) is 68.0 cm³/mol. The fourth-order valence-electron chi connectivity index (χ4n) is 1.39. The maximum atomic E-state index is 12.0. The van der Waals surface area contributed by atoms with Gasteiger partial charge in [-0.25, -0.2) is 0 Å².